The molecule has 164 valence electrons. The number of halogens is 1. The Labute approximate surface area is 184 Å². The Balaban J connectivity index is 1.59. The Morgan fingerprint density at radius 3 is 2.59 bits per heavy atom. The summed E-state index contributed by atoms with van der Waals surface area (Å²) in [6.07, 6.45) is 1.79. The van der Waals surface area contributed by atoms with Gasteiger partial charge in [-0.25, -0.2) is 12.8 Å². The van der Waals surface area contributed by atoms with Crippen LogP contribution in [0.2, 0.25) is 0 Å². The third kappa shape index (κ3) is 4.17. The molecule has 0 spiro atoms. The smallest absolute Gasteiger partial charge is 0.262 e. The fraction of sp³-hybridized carbons (Fsp3) is 0.136. The molecule has 2 N–H and O–H groups in total. The van der Waals surface area contributed by atoms with E-state index in [1.807, 2.05) is 12.1 Å². The molecule has 1 amide bonds. The molecule has 1 unspecified atom stereocenters. The minimum absolute atomic E-state index is 0.155. The molecule has 4 rings (SSSR count). The Morgan fingerprint density at radius 2 is 1.81 bits per heavy atom. The molecule has 0 aliphatic heterocycles. The normalized spacial score (nSPS) is 12.5. The van der Waals surface area contributed by atoms with E-state index in [9.17, 15) is 17.6 Å². The van der Waals surface area contributed by atoms with Gasteiger partial charge in [-0.2, -0.15) is 0 Å². The van der Waals surface area contributed by atoms with Gasteiger partial charge >= 0.3 is 0 Å². The molecule has 0 radical (unpaired) electrons. The second-order valence-corrected chi connectivity index (χ2v) is 8.93. The Morgan fingerprint density at radius 1 is 1.06 bits per heavy atom. The monoisotopic (exact) mass is 453 g/mol. The number of rotatable bonds is 6. The molecule has 2 heterocycles. The number of para-hydroxylation sites is 1. The number of hydrogen-bond donors (Lipinski definition) is 2. The van der Waals surface area contributed by atoms with Gasteiger partial charge in [0.2, 0.25) is 0 Å². The van der Waals surface area contributed by atoms with Gasteiger partial charge in [0, 0.05) is 11.8 Å². The van der Waals surface area contributed by atoms with Crippen LogP contribution in [0, 0.1) is 12.7 Å². The van der Waals surface area contributed by atoms with Crippen molar-refractivity contribution in [1.82, 2.24) is 19.9 Å². The number of benzene rings is 2. The molecular weight excluding hydrogens is 433 g/mol. The van der Waals surface area contributed by atoms with Gasteiger partial charge in [0.05, 0.1) is 16.6 Å². The molecule has 10 heteroatoms. The maximum atomic E-state index is 13.9. The zero-order valence-corrected chi connectivity index (χ0v) is 18.1. The van der Waals surface area contributed by atoms with Crippen molar-refractivity contribution in [2.45, 2.75) is 24.8 Å². The minimum atomic E-state index is -4.11. The molecule has 0 saturated carbocycles. The van der Waals surface area contributed by atoms with E-state index in [4.69, 9.17) is 0 Å². The van der Waals surface area contributed by atoms with E-state index < -0.39 is 27.8 Å². The molecule has 4 aromatic rings. The third-order valence-electron chi connectivity index (χ3n) is 4.96. The van der Waals surface area contributed by atoms with Gasteiger partial charge in [0.15, 0.2) is 11.5 Å². The number of nitrogens with zero attached hydrogens (tertiary/aromatic N) is 3. The van der Waals surface area contributed by atoms with Crippen molar-refractivity contribution in [3.8, 4) is 0 Å². The maximum Gasteiger partial charge on any atom is 0.262 e. The summed E-state index contributed by atoms with van der Waals surface area (Å²) in [7, 11) is -4.11. The van der Waals surface area contributed by atoms with E-state index >= 15 is 0 Å². The molecule has 8 nitrogen and oxygen atoms in total. The molecule has 0 aliphatic carbocycles. The lowest BCUT2D eigenvalue weighted by molar-refractivity contribution is 0.0937. The van der Waals surface area contributed by atoms with Gasteiger partial charge in [-0.3, -0.25) is 13.9 Å². The van der Waals surface area contributed by atoms with Crippen molar-refractivity contribution in [2.24, 2.45) is 0 Å². The Bertz CT molecular complexity index is 1420. The summed E-state index contributed by atoms with van der Waals surface area (Å²) in [5.74, 6) is -0.627. The molecular formula is C22H20FN5O3S. The molecule has 2 aromatic carbocycles. The van der Waals surface area contributed by atoms with Crippen LogP contribution in [0.15, 0.2) is 71.8 Å². The second-order valence-electron chi connectivity index (χ2n) is 7.24. The van der Waals surface area contributed by atoms with E-state index in [1.54, 1.807) is 30.5 Å². The maximum absolute atomic E-state index is 13.9. The predicted molar refractivity (Wildman–Crippen MR) is 117 cm³/mol. The van der Waals surface area contributed by atoms with Crippen LogP contribution in [0.1, 0.15) is 34.7 Å². The van der Waals surface area contributed by atoms with Gasteiger partial charge in [-0.1, -0.05) is 24.3 Å². The van der Waals surface area contributed by atoms with E-state index in [-0.39, 0.29) is 16.1 Å². The van der Waals surface area contributed by atoms with Crippen LogP contribution in [0.25, 0.3) is 5.65 Å². The fourth-order valence-corrected chi connectivity index (χ4v) is 4.35. The molecule has 0 fully saturated rings. The lowest BCUT2D eigenvalue weighted by Gasteiger charge is -2.15. The molecule has 0 saturated heterocycles. The van der Waals surface area contributed by atoms with Crippen molar-refractivity contribution in [2.75, 3.05) is 4.72 Å². The molecule has 1 atom stereocenters. The number of nitrogens with one attached hydrogen (secondary N) is 2. The van der Waals surface area contributed by atoms with Crippen LogP contribution < -0.4 is 10.0 Å². The van der Waals surface area contributed by atoms with Crippen molar-refractivity contribution in [3.05, 3.63) is 89.6 Å². The summed E-state index contributed by atoms with van der Waals surface area (Å²) in [6.45, 7) is 3.46. The first kappa shape index (κ1) is 21.4. The lowest BCUT2D eigenvalue weighted by atomic mass is 10.1. The number of sulfonamides is 1. The Kier molecular flexibility index (Phi) is 5.62. The first-order valence-electron chi connectivity index (χ1n) is 9.75. The van der Waals surface area contributed by atoms with E-state index in [2.05, 4.69) is 20.2 Å². The number of anilines is 1. The zero-order chi connectivity index (χ0) is 22.9. The van der Waals surface area contributed by atoms with E-state index in [0.29, 0.717) is 17.0 Å². The van der Waals surface area contributed by atoms with Crippen LogP contribution in [-0.2, 0) is 10.0 Å². The van der Waals surface area contributed by atoms with Gasteiger partial charge in [0.25, 0.3) is 15.9 Å². The summed E-state index contributed by atoms with van der Waals surface area (Å²) in [5, 5.41) is 11.0. The quantitative estimate of drug-likeness (QED) is 0.465. The highest BCUT2D eigenvalue weighted by Gasteiger charge is 2.22. The number of hydrogen-bond acceptors (Lipinski definition) is 5. The number of aryl methyl sites for hydroxylation is 1. The van der Waals surface area contributed by atoms with Gasteiger partial charge in [-0.15, -0.1) is 10.2 Å². The predicted octanol–water partition coefficient (Wildman–Crippen LogP) is 3.47. The highest BCUT2D eigenvalue weighted by atomic mass is 32.2. The highest BCUT2D eigenvalue weighted by molar-refractivity contribution is 7.92. The second kappa shape index (κ2) is 8.39. The number of pyridine rings is 1. The highest BCUT2D eigenvalue weighted by Crippen LogP contribution is 2.22. The van der Waals surface area contributed by atoms with Crippen molar-refractivity contribution in [1.29, 1.82) is 0 Å². The van der Waals surface area contributed by atoms with Crippen LogP contribution in [0.5, 0.6) is 0 Å². The number of amides is 1. The van der Waals surface area contributed by atoms with Crippen molar-refractivity contribution in [3.63, 3.8) is 0 Å². The van der Waals surface area contributed by atoms with Crippen LogP contribution >= 0.6 is 0 Å². The summed E-state index contributed by atoms with van der Waals surface area (Å²) >= 11 is 0. The van der Waals surface area contributed by atoms with Gasteiger partial charge < -0.3 is 5.32 Å². The molecule has 0 aliphatic rings. The minimum Gasteiger partial charge on any atom is -0.342 e. The molecule has 32 heavy (non-hydrogen) atoms. The third-order valence-corrected chi connectivity index (χ3v) is 6.32. The summed E-state index contributed by atoms with van der Waals surface area (Å²) < 4.78 is 43.4. The average Bonchev–Trinajstić information content (AvgIpc) is 3.19. The standard InChI is InChI=1S/C22H20FN5O3S/c1-14-10-11-16(32(30,31)27-19-8-4-3-7-18(19)23)13-17(14)22(29)24-15(2)21-26-25-20-9-5-6-12-28(20)21/h3-13,15,27H,1-2H3,(H,24,29). The SMILES string of the molecule is Cc1ccc(S(=O)(=O)Nc2ccccc2F)cc1C(=O)NC(C)c1nnc2ccccn12. The fourth-order valence-electron chi connectivity index (χ4n) is 3.25. The molecule has 2 aromatic heterocycles. The van der Waals surface area contributed by atoms with E-state index in [0.717, 1.165) is 6.07 Å². The van der Waals surface area contributed by atoms with Gasteiger partial charge in [-0.05, 0) is 55.8 Å². The number of fused-ring (bicyclic) bond motifs is 1. The average molecular weight is 453 g/mol. The largest absolute Gasteiger partial charge is 0.342 e. The number of carbonyl (C=O) groups is 1. The zero-order valence-electron chi connectivity index (χ0n) is 17.3. The van der Waals surface area contributed by atoms with Gasteiger partial charge in [0.1, 0.15) is 5.82 Å². The molecule has 0 bridgehead atoms. The Hall–Kier alpha value is -3.79. The van der Waals surface area contributed by atoms with Crippen molar-refractivity contribution < 1.29 is 17.6 Å². The van der Waals surface area contributed by atoms with E-state index in [1.165, 1.54) is 36.4 Å². The first-order valence-corrected chi connectivity index (χ1v) is 11.2. The topological polar surface area (TPSA) is 105 Å². The van der Waals surface area contributed by atoms with Crippen LogP contribution in [-0.4, -0.2) is 28.9 Å². The van der Waals surface area contributed by atoms with Crippen LogP contribution in [0.3, 0.4) is 0 Å². The summed E-state index contributed by atoms with van der Waals surface area (Å²) in [5.41, 5.74) is 1.24. The number of carbonyl (C=O) groups excluding carboxylic acids is 1. The first-order chi connectivity index (χ1) is 15.3. The number of aromatic nitrogens is 3. The summed E-state index contributed by atoms with van der Waals surface area (Å²) in [4.78, 5) is 12.8. The lowest BCUT2D eigenvalue weighted by Crippen LogP contribution is -2.29. The van der Waals surface area contributed by atoms with Crippen molar-refractivity contribution >= 4 is 27.3 Å². The van der Waals surface area contributed by atoms with Crippen LogP contribution in [0.4, 0.5) is 10.1 Å². The summed E-state index contributed by atoms with van der Waals surface area (Å²) in [6, 6.07) is 14.6.